The van der Waals surface area contributed by atoms with E-state index in [4.69, 9.17) is 4.42 Å². The van der Waals surface area contributed by atoms with Gasteiger partial charge in [-0.2, -0.15) is 0 Å². The van der Waals surface area contributed by atoms with Crippen LogP contribution in [0.15, 0.2) is 33.5 Å². The standard InChI is InChI=1S/C20H27N3O6/c1-20(2,10-24)18(27)19(28)22-11-21-16(25)7-12-8-17(26)29-15-9-13(23(3)4)5-6-14(12)15/h5-6,8-9,18,24,27H,7,10-11H2,1-4H3,(H,21,25)(H,22,28)/t18-/m0/s1. The number of nitrogens with zero attached hydrogens (tertiary/aromatic N) is 1. The average molecular weight is 405 g/mol. The lowest BCUT2D eigenvalue weighted by atomic mass is 9.87. The van der Waals surface area contributed by atoms with Crippen LogP contribution >= 0.6 is 0 Å². The van der Waals surface area contributed by atoms with Gasteiger partial charge in [0.25, 0.3) is 5.91 Å². The Hall–Kier alpha value is -2.91. The van der Waals surface area contributed by atoms with Gasteiger partial charge >= 0.3 is 5.63 Å². The fourth-order valence-corrected chi connectivity index (χ4v) is 2.65. The fraction of sp³-hybridized carbons (Fsp3) is 0.450. The Morgan fingerprint density at radius 3 is 2.52 bits per heavy atom. The quantitative estimate of drug-likeness (QED) is 0.358. The zero-order valence-electron chi connectivity index (χ0n) is 17.0. The van der Waals surface area contributed by atoms with E-state index in [9.17, 15) is 24.6 Å². The predicted molar refractivity (Wildman–Crippen MR) is 109 cm³/mol. The maximum Gasteiger partial charge on any atom is 0.336 e. The van der Waals surface area contributed by atoms with Gasteiger partial charge in [-0.25, -0.2) is 4.79 Å². The number of carbonyl (C=O) groups excluding carboxylic acids is 2. The molecule has 29 heavy (non-hydrogen) atoms. The topological polar surface area (TPSA) is 132 Å². The maximum absolute atomic E-state index is 12.2. The molecular formula is C20H27N3O6. The second-order valence-corrected chi connectivity index (χ2v) is 7.71. The van der Waals surface area contributed by atoms with Gasteiger partial charge in [0.15, 0.2) is 0 Å². The molecular weight excluding hydrogens is 378 g/mol. The maximum atomic E-state index is 12.2. The third-order valence-electron chi connectivity index (χ3n) is 4.63. The van der Waals surface area contributed by atoms with Gasteiger partial charge in [-0.1, -0.05) is 13.8 Å². The van der Waals surface area contributed by atoms with Gasteiger partial charge in [-0.15, -0.1) is 0 Å². The highest BCUT2D eigenvalue weighted by Gasteiger charge is 2.32. The number of amides is 2. The molecule has 1 atom stereocenters. The number of anilines is 1. The van der Waals surface area contributed by atoms with E-state index in [1.807, 2.05) is 25.1 Å². The largest absolute Gasteiger partial charge is 0.423 e. The summed E-state index contributed by atoms with van der Waals surface area (Å²) in [6, 6.07) is 6.63. The number of hydrogen-bond donors (Lipinski definition) is 4. The molecule has 0 aliphatic carbocycles. The van der Waals surface area contributed by atoms with Crippen molar-refractivity contribution in [2.75, 3.05) is 32.3 Å². The van der Waals surface area contributed by atoms with Crippen molar-refractivity contribution >= 4 is 28.5 Å². The summed E-state index contributed by atoms with van der Waals surface area (Å²) in [6.45, 7) is 2.53. The first kappa shape index (κ1) is 22.4. The lowest BCUT2D eigenvalue weighted by Crippen LogP contribution is -2.48. The molecule has 1 aromatic carbocycles. The van der Waals surface area contributed by atoms with Gasteiger partial charge < -0.3 is 30.2 Å². The summed E-state index contributed by atoms with van der Waals surface area (Å²) in [4.78, 5) is 37.9. The van der Waals surface area contributed by atoms with Gasteiger partial charge in [-0.3, -0.25) is 9.59 Å². The van der Waals surface area contributed by atoms with Gasteiger partial charge in [0.1, 0.15) is 11.7 Å². The van der Waals surface area contributed by atoms with Crippen molar-refractivity contribution in [2.24, 2.45) is 5.41 Å². The Morgan fingerprint density at radius 2 is 1.90 bits per heavy atom. The summed E-state index contributed by atoms with van der Waals surface area (Å²) in [5.74, 6) is -1.11. The van der Waals surface area contributed by atoms with Crippen LogP contribution < -0.4 is 21.2 Å². The molecule has 0 aliphatic rings. The van der Waals surface area contributed by atoms with Gasteiger partial charge in [-0.05, 0) is 17.7 Å². The lowest BCUT2D eigenvalue weighted by molar-refractivity contribution is -0.137. The number of nitrogens with one attached hydrogen (secondary N) is 2. The molecule has 0 aliphatic heterocycles. The third kappa shape index (κ3) is 5.55. The lowest BCUT2D eigenvalue weighted by Gasteiger charge is -2.27. The Morgan fingerprint density at radius 1 is 1.21 bits per heavy atom. The van der Waals surface area contributed by atoms with E-state index in [2.05, 4.69) is 10.6 Å². The molecule has 0 saturated heterocycles. The van der Waals surface area contributed by atoms with Gasteiger partial charge in [0.05, 0.1) is 19.7 Å². The minimum Gasteiger partial charge on any atom is -0.423 e. The van der Waals surface area contributed by atoms with Crippen LogP contribution in [0.3, 0.4) is 0 Å². The fourth-order valence-electron chi connectivity index (χ4n) is 2.65. The van der Waals surface area contributed by atoms with Crippen molar-refractivity contribution in [3.8, 4) is 0 Å². The first-order valence-electron chi connectivity index (χ1n) is 9.12. The number of rotatable bonds is 8. The molecule has 2 aromatic rings. The monoisotopic (exact) mass is 405 g/mol. The molecule has 4 N–H and O–H groups in total. The van der Waals surface area contributed by atoms with E-state index in [1.165, 1.54) is 6.07 Å². The van der Waals surface area contributed by atoms with Crippen molar-refractivity contribution in [1.29, 1.82) is 0 Å². The Kier molecular flexibility index (Phi) is 6.99. The molecule has 158 valence electrons. The molecule has 2 amide bonds. The molecule has 0 fully saturated rings. The summed E-state index contributed by atoms with van der Waals surface area (Å²) < 4.78 is 5.24. The minimum absolute atomic E-state index is 0.0794. The van der Waals surface area contributed by atoms with E-state index in [-0.39, 0.29) is 19.7 Å². The number of aliphatic hydroxyl groups excluding tert-OH is 2. The Labute approximate surface area is 168 Å². The van der Waals surface area contributed by atoms with Crippen LogP contribution in [0, 0.1) is 5.41 Å². The van der Waals surface area contributed by atoms with Gasteiger partial charge in [0.2, 0.25) is 5.91 Å². The molecule has 1 heterocycles. The van der Waals surface area contributed by atoms with Crippen LogP contribution in [0.5, 0.6) is 0 Å². The Balaban J connectivity index is 2.03. The van der Waals surface area contributed by atoms with Crippen LogP contribution in [0.25, 0.3) is 11.0 Å². The molecule has 0 radical (unpaired) electrons. The number of hydrogen-bond acceptors (Lipinski definition) is 7. The highest BCUT2D eigenvalue weighted by atomic mass is 16.4. The van der Waals surface area contributed by atoms with E-state index in [0.29, 0.717) is 16.5 Å². The highest BCUT2D eigenvalue weighted by Crippen LogP contribution is 2.23. The third-order valence-corrected chi connectivity index (χ3v) is 4.63. The summed E-state index contributed by atoms with van der Waals surface area (Å²) in [5.41, 5.74) is 0.186. The second-order valence-electron chi connectivity index (χ2n) is 7.71. The van der Waals surface area contributed by atoms with Crippen LogP contribution in [0.4, 0.5) is 5.69 Å². The normalized spacial score (nSPS) is 12.5. The van der Waals surface area contributed by atoms with Gasteiger partial charge in [0, 0.05) is 42.7 Å². The van der Waals surface area contributed by atoms with Crippen LogP contribution in [0.2, 0.25) is 0 Å². The SMILES string of the molecule is CN(C)c1ccc2c(CC(=O)NCNC(=O)[C@H](O)C(C)(C)CO)cc(=O)oc2c1. The molecule has 0 saturated carbocycles. The van der Waals surface area contributed by atoms with Crippen LogP contribution in [-0.4, -0.2) is 55.5 Å². The van der Waals surface area contributed by atoms with Crippen LogP contribution in [0.1, 0.15) is 19.4 Å². The average Bonchev–Trinajstić information content (AvgIpc) is 2.66. The minimum atomic E-state index is -1.42. The first-order chi connectivity index (χ1) is 13.5. The number of benzene rings is 1. The van der Waals surface area contributed by atoms with E-state index in [0.717, 1.165) is 5.69 Å². The highest BCUT2D eigenvalue weighted by molar-refractivity contribution is 5.89. The predicted octanol–water partition coefficient (Wildman–Crippen LogP) is -0.0292. The van der Waals surface area contributed by atoms with E-state index in [1.54, 1.807) is 26.0 Å². The molecule has 0 unspecified atom stereocenters. The number of carbonyl (C=O) groups is 2. The van der Waals surface area contributed by atoms with Crippen molar-refractivity contribution in [1.82, 2.24) is 10.6 Å². The second kappa shape index (κ2) is 9.06. The zero-order chi connectivity index (χ0) is 21.8. The smallest absolute Gasteiger partial charge is 0.336 e. The molecule has 0 bridgehead atoms. The van der Waals surface area contributed by atoms with Crippen molar-refractivity contribution in [3.63, 3.8) is 0 Å². The molecule has 0 spiro atoms. The number of fused-ring (bicyclic) bond motifs is 1. The molecule has 9 heteroatoms. The summed E-state index contributed by atoms with van der Waals surface area (Å²) in [7, 11) is 3.73. The van der Waals surface area contributed by atoms with Crippen molar-refractivity contribution < 1.29 is 24.2 Å². The summed E-state index contributed by atoms with van der Waals surface area (Å²) in [5, 5.41) is 24.7. The van der Waals surface area contributed by atoms with E-state index < -0.39 is 29.0 Å². The summed E-state index contributed by atoms with van der Waals surface area (Å²) >= 11 is 0. The van der Waals surface area contributed by atoms with Crippen molar-refractivity contribution in [2.45, 2.75) is 26.4 Å². The van der Waals surface area contributed by atoms with Crippen molar-refractivity contribution in [3.05, 3.63) is 40.2 Å². The summed E-state index contributed by atoms with van der Waals surface area (Å²) in [6.07, 6.45) is -1.50. The first-order valence-corrected chi connectivity index (χ1v) is 9.12. The molecule has 1 aromatic heterocycles. The number of aliphatic hydroxyl groups is 2. The zero-order valence-corrected chi connectivity index (χ0v) is 17.0. The Bertz CT molecular complexity index is 951. The molecule has 2 rings (SSSR count). The molecule has 9 nitrogen and oxygen atoms in total. The van der Waals surface area contributed by atoms with Crippen LogP contribution in [-0.2, 0) is 16.0 Å². The van der Waals surface area contributed by atoms with E-state index >= 15 is 0 Å².